The van der Waals surface area contributed by atoms with Crippen molar-refractivity contribution in [3.8, 4) is 6.07 Å². The number of nitriles is 1. The summed E-state index contributed by atoms with van der Waals surface area (Å²) in [7, 11) is -3.48. The highest BCUT2D eigenvalue weighted by Gasteiger charge is 2.33. The molecule has 0 aliphatic carbocycles. The second kappa shape index (κ2) is 7.23. The molecule has 0 spiro atoms. The fourth-order valence-electron chi connectivity index (χ4n) is 2.72. The largest absolute Gasteiger partial charge is 0.296 e. The summed E-state index contributed by atoms with van der Waals surface area (Å²) in [5, 5.41) is 8.08. The first-order valence-corrected chi connectivity index (χ1v) is 9.14. The highest BCUT2D eigenvalue weighted by atomic mass is 32.2. The number of nitrogens with zero attached hydrogens (tertiary/aromatic N) is 3. The standard InChI is InChI=1S/C16H23N3O2S/c1-3-16(12-17)22(20,21)19-10-8-18(9-11-19)13-15-7-5-4-6-14(15)2/h4-7,16H,3,8-11,13H2,1-2H3/t16-/m1/s1. The normalized spacial score (nSPS) is 18.8. The highest BCUT2D eigenvalue weighted by Crippen LogP contribution is 2.17. The zero-order chi connectivity index (χ0) is 16.2. The second-order valence-electron chi connectivity index (χ2n) is 5.67. The summed E-state index contributed by atoms with van der Waals surface area (Å²) in [5.74, 6) is 0. The zero-order valence-corrected chi connectivity index (χ0v) is 14.0. The second-order valence-corrected chi connectivity index (χ2v) is 7.79. The monoisotopic (exact) mass is 321 g/mol. The first-order valence-electron chi connectivity index (χ1n) is 7.64. The fraction of sp³-hybridized carbons (Fsp3) is 0.562. The molecule has 1 atom stereocenters. The SMILES string of the molecule is CC[C@H](C#N)S(=O)(=O)N1CCN(Cc2ccccc2C)CC1. The molecule has 5 nitrogen and oxygen atoms in total. The third kappa shape index (κ3) is 3.67. The van der Waals surface area contributed by atoms with Crippen molar-refractivity contribution < 1.29 is 8.42 Å². The molecule has 0 unspecified atom stereocenters. The Balaban J connectivity index is 1.96. The molecule has 0 bridgehead atoms. The van der Waals surface area contributed by atoms with Gasteiger partial charge in [0.2, 0.25) is 10.0 Å². The molecule has 0 saturated carbocycles. The molecule has 1 aliphatic heterocycles. The number of rotatable bonds is 5. The van der Waals surface area contributed by atoms with E-state index in [0.717, 1.165) is 6.54 Å². The lowest BCUT2D eigenvalue weighted by Gasteiger charge is -2.35. The Labute approximate surface area is 133 Å². The number of aryl methyl sites for hydroxylation is 1. The van der Waals surface area contributed by atoms with Crippen LogP contribution < -0.4 is 0 Å². The Bertz CT molecular complexity index is 644. The number of piperazine rings is 1. The third-order valence-corrected chi connectivity index (χ3v) is 6.46. The fourth-order valence-corrected chi connectivity index (χ4v) is 4.31. The lowest BCUT2D eigenvalue weighted by molar-refractivity contribution is 0.181. The molecule has 6 heteroatoms. The molecular formula is C16H23N3O2S. The van der Waals surface area contributed by atoms with Gasteiger partial charge in [0, 0.05) is 32.7 Å². The van der Waals surface area contributed by atoms with E-state index in [2.05, 4.69) is 24.0 Å². The number of hydrogen-bond donors (Lipinski definition) is 0. The first kappa shape index (κ1) is 16.9. The molecule has 0 N–H and O–H groups in total. The van der Waals surface area contributed by atoms with Gasteiger partial charge in [-0.1, -0.05) is 31.2 Å². The van der Waals surface area contributed by atoms with Gasteiger partial charge in [-0.05, 0) is 24.5 Å². The number of benzene rings is 1. The van der Waals surface area contributed by atoms with E-state index in [4.69, 9.17) is 5.26 Å². The van der Waals surface area contributed by atoms with Gasteiger partial charge in [0.1, 0.15) is 0 Å². The quantitative estimate of drug-likeness (QED) is 0.829. The van der Waals surface area contributed by atoms with Crippen LogP contribution in [0.15, 0.2) is 24.3 Å². The van der Waals surface area contributed by atoms with Gasteiger partial charge >= 0.3 is 0 Å². The van der Waals surface area contributed by atoms with Crippen molar-refractivity contribution in [3.05, 3.63) is 35.4 Å². The Morgan fingerprint density at radius 1 is 1.23 bits per heavy atom. The smallest absolute Gasteiger partial charge is 0.230 e. The summed E-state index contributed by atoms with van der Waals surface area (Å²) in [4.78, 5) is 2.27. The van der Waals surface area contributed by atoms with Crippen LogP contribution in [0.25, 0.3) is 0 Å². The molecule has 2 rings (SSSR count). The minimum absolute atomic E-state index is 0.336. The van der Waals surface area contributed by atoms with E-state index in [1.165, 1.54) is 15.4 Å². The molecule has 120 valence electrons. The molecule has 1 saturated heterocycles. The first-order chi connectivity index (χ1) is 10.5. The molecular weight excluding hydrogens is 298 g/mol. The van der Waals surface area contributed by atoms with Crippen LogP contribution in [0.3, 0.4) is 0 Å². The van der Waals surface area contributed by atoms with E-state index < -0.39 is 15.3 Å². The Morgan fingerprint density at radius 3 is 2.41 bits per heavy atom. The van der Waals surface area contributed by atoms with Gasteiger partial charge in [-0.15, -0.1) is 0 Å². The van der Waals surface area contributed by atoms with Crippen LogP contribution in [-0.4, -0.2) is 49.1 Å². The predicted molar refractivity (Wildman–Crippen MR) is 86.6 cm³/mol. The third-order valence-electron chi connectivity index (χ3n) is 4.22. The predicted octanol–water partition coefficient (Wildman–Crippen LogP) is 1.74. The molecule has 1 heterocycles. The van der Waals surface area contributed by atoms with Crippen molar-refractivity contribution in [1.29, 1.82) is 5.26 Å². The maximum Gasteiger partial charge on any atom is 0.230 e. The van der Waals surface area contributed by atoms with Crippen LogP contribution in [0.2, 0.25) is 0 Å². The molecule has 0 radical (unpaired) electrons. The van der Waals surface area contributed by atoms with E-state index in [1.54, 1.807) is 6.92 Å². The van der Waals surface area contributed by atoms with Gasteiger partial charge in [0.15, 0.2) is 5.25 Å². The Hall–Kier alpha value is -1.42. The number of sulfonamides is 1. The van der Waals surface area contributed by atoms with Crippen LogP contribution in [0.1, 0.15) is 24.5 Å². The lowest BCUT2D eigenvalue weighted by atomic mass is 10.1. The summed E-state index contributed by atoms with van der Waals surface area (Å²) in [6, 6.07) is 10.2. The molecule has 0 aromatic heterocycles. The molecule has 1 aromatic rings. The number of hydrogen-bond acceptors (Lipinski definition) is 4. The van der Waals surface area contributed by atoms with Gasteiger partial charge in [-0.3, -0.25) is 4.90 Å². The van der Waals surface area contributed by atoms with Gasteiger partial charge in [-0.2, -0.15) is 9.57 Å². The lowest BCUT2D eigenvalue weighted by Crippen LogP contribution is -2.50. The van der Waals surface area contributed by atoms with Crippen LogP contribution in [0.5, 0.6) is 0 Å². The van der Waals surface area contributed by atoms with Crippen molar-refractivity contribution in [1.82, 2.24) is 9.21 Å². The van der Waals surface area contributed by atoms with Crippen LogP contribution in [-0.2, 0) is 16.6 Å². The summed E-state index contributed by atoms with van der Waals surface area (Å²) >= 11 is 0. The summed E-state index contributed by atoms with van der Waals surface area (Å²) in [6.07, 6.45) is 0.336. The summed E-state index contributed by atoms with van der Waals surface area (Å²) in [6.45, 7) is 7.01. The summed E-state index contributed by atoms with van der Waals surface area (Å²) in [5.41, 5.74) is 2.54. The molecule has 1 aromatic carbocycles. The van der Waals surface area contributed by atoms with Gasteiger partial charge in [0.25, 0.3) is 0 Å². The van der Waals surface area contributed by atoms with E-state index in [1.807, 2.05) is 18.2 Å². The molecule has 0 amide bonds. The van der Waals surface area contributed by atoms with Gasteiger partial charge in [0.05, 0.1) is 6.07 Å². The van der Waals surface area contributed by atoms with Crippen molar-refractivity contribution >= 4 is 10.0 Å². The van der Waals surface area contributed by atoms with Crippen molar-refractivity contribution in [2.75, 3.05) is 26.2 Å². The van der Waals surface area contributed by atoms with E-state index in [0.29, 0.717) is 32.6 Å². The molecule has 1 fully saturated rings. The minimum atomic E-state index is -3.48. The Kier molecular flexibility index (Phi) is 5.57. The zero-order valence-electron chi connectivity index (χ0n) is 13.2. The van der Waals surface area contributed by atoms with Crippen molar-refractivity contribution in [2.24, 2.45) is 0 Å². The topological polar surface area (TPSA) is 64.4 Å². The van der Waals surface area contributed by atoms with Gasteiger partial charge < -0.3 is 0 Å². The average Bonchev–Trinajstić information content (AvgIpc) is 2.51. The molecule has 22 heavy (non-hydrogen) atoms. The maximum absolute atomic E-state index is 12.4. The van der Waals surface area contributed by atoms with E-state index in [9.17, 15) is 8.42 Å². The van der Waals surface area contributed by atoms with Gasteiger partial charge in [-0.25, -0.2) is 8.42 Å². The minimum Gasteiger partial charge on any atom is -0.296 e. The van der Waals surface area contributed by atoms with Crippen molar-refractivity contribution in [2.45, 2.75) is 32.1 Å². The van der Waals surface area contributed by atoms with Crippen LogP contribution >= 0.6 is 0 Å². The van der Waals surface area contributed by atoms with Crippen LogP contribution in [0, 0.1) is 18.3 Å². The highest BCUT2D eigenvalue weighted by molar-refractivity contribution is 7.90. The Morgan fingerprint density at radius 2 is 1.86 bits per heavy atom. The van der Waals surface area contributed by atoms with E-state index in [-0.39, 0.29) is 0 Å². The van der Waals surface area contributed by atoms with Crippen molar-refractivity contribution in [3.63, 3.8) is 0 Å². The van der Waals surface area contributed by atoms with E-state index >= 15 is 0 Å². The summed E-state index contributed by atoms with van der Waals surface area (Å²) < 4.78 is 26.2. The van der Waals surface area contributed by atoms with Crippen LogP contribution in [0.4, 0.5) is 0 Å². The average molecular weight is 321 g/mol. The maximum atomic E-state index is 12.4. The molecule has 1 aliphatic rings.